The van der Waals surface area contributed by atoms with E-state index in [1.54, 1.807) is 7.05 Å². The van der Waals surface area contributed by atoms with Gasteiger partial charge in [0, 0.05) is 31.7 Å². The van der Waals surface area contributed by atoms with Crippen molar-refractivity contribution in [2.24, 2.45) is 10.9 Å². The monoisotopic (exact) mass is 508 g/mol. The van der Waals surface area contributed by atoms with Crippen LogP contribution in [0.5, 0.6) is 0 Å². The number of hydrogen-bond donors (Lipinski definition) is 3. The lowest BCUT2D eigenvalue weighted by molar-refractivity contribution is -0.118. The number of guanidine groups is 1. The number of carbonyl (C=O) groups is 1. The average Bonchev–Trinajstić information content (AvgIpc) is 2.69. The minimum absolute atomic E-state index is 0. The van der Waals surface area contributed by atoms with E-state index in [-0.39, 0.29) is 35.8 Å². The molecule has 0 spiro atoms. The van der Waals surface area contributed by atoms with Gasteiger partial charge in [-0.3, -0.25) is 9.79 Å². The lowest BCUT2D eigenvalue weighted by Crippen LogP contribution is -2.38. The van der Waals surface area contributed by atoms with Gasteiger partial charge in [-0.1, -0.05) is 62.7 Å². The van der Waals surface area contributed by atoms with E-state index < -0.39 is 0 Å². The first-order valence-electron chi connectivity index (χ1n) is 9.80. The molecule has 1 unspecified atom stereocenters. The highest BCUT2D eigenvalue weighted by Crippen LogP contribution is 2.15. The summed E-state index contributed by atoms with van der Waals surface area (Å²) in [6.07, 6.45) is 0. The SMILES string of the molecule is CN=C(NCc1ccc(NC(=O)C(C)C)cc1)NCC(C)c1cccc(C)c1.I. The van der Waals surface area contributed by atoms with Gasteiger partial charge in [0.2, 0.25) is 5.91 Å². The molecule has 3 N–H and O–H groups in total. The molecule has 2 aromatic carbocycles. The van der Waals surface area contributed by atoms with E-state index in [0.717, 1.165) is 23.8 Å². The van der Waals surface area contributed by atoms with Crippen molar-refractivity contribution < 1.29 is 4.79 Å². The van der Waals surface area contributed by atoms with Gasteiger partial charge < -0.3 is 16.0 Å². The Balaban J connectivity index is 0.00000420. The van der Waals surface area contributed by atoms with E-state index in [0.29, 0.717) is 12.5 Å². The lowest BCUT2D eigenvalue weighted by Gasteiger charge is -2.17. The second-order valence-electron chi connectivity index (χ2n) is 7.46. The first-order chi connectivity index (χ1) is 13.4. The molecule has 0 aliphatic rings. The van der Waals surface area contributed by atoms with E-state index in [4.69, 9.17) is 0 Å². The summed E-state index contributed by atoms with van der Waals surface area (Å²) in [7, 11) is 1.78. The predicted molar refractivity (Wildman–Crippen MR) is 133 cm³/mol. The van der Waals surface area contributed by atoms with Crippen molar-refractivity contribution in [3.63, 3.8) is 0 Å². The molecule has 0 radical (unpaired) electrons. The summed E-state index contributed by atoms with van der Waals surface area (Å²) in [5, 5.41) is 9.62. The molecule has 0 aromatic heterocycles. The number of aryl methyl sites for hydroxylation is 1. The summed E-state index contributed by atoms with van der Waals surface area (Å²) in [5.74, 6) is 1.16. The second-order valence-corrected chi connectivity index (χ2v) is 7.46. The molecular weight excluding hydrogens is 475 g/mol. The molecule has 29 heavy (non-hydrogen) atoms. The highest BCUT2D eigenvalue weighted by molar-refractivity contribution is 14.0. The first-order valence-corrected chi connectivity index (χ1v) is 9.80. The van der Waals surface area contributed by atoms with Crippen LogP contribution in [-0.2, 0) is 11.3 Å². The van der Waals surface area contributed by atoms with E-state index in [1.807, 2.05) is 38.1 Å². The van der Waals surface area contributed by atoms with Crippen LogP contribution < -0.4 is 16.0 Å². The van der Waals surface area contributed by atoms with E-state index >= 15 is 0 Å². The van der Waals surface area contributed by atoms with Crippen LogP contribution in [0.1, 0.15) is 43.4 Å². The highest BCUT2D eigenvalue weighted by Gasteiger charge is 2.08. The number of nitrogens with zero attached hydrogens (tertiary/aromatic N) is 1. The van der Waals surface area contributed by atoms with E-state index in [9.17, 15) is 4.79 Å². The van der Waals surface area contributed by atoms with E-state index in [2.05, 4.69) is 59.1 Å². The van der Waals surface area contributed by atoms with Crippen LogP contribution in [0, 0.1) is 12.8 Å². The maximum absolute atomic E-state index is 11.8. The largest absolute Gasteiger partial charge is 0.356 e. The fourth-order valence-electron chi connectivity index (χ4n) is 2.74. The molecule has 5 nitrogen and oxygen atoms in total. The Morgan fingerprint density at radius 2 is 1.72 bits per heavy atom. The van der Waals surface area contributed by atoms with Gasteiger partial charge in [0.15, 0.2) is 5.96 Å². The van der Waals surface area contributed by atoms with E-state index in [1.165, 1.54) is 11.1 Å². The molecule has 0 aliphatic heterocycles. The third-order valence-corrected chi connectivity index (χ3v) is 4.62. The molecule has 2 rings (SSSR count). The zero-order chi connectivity index (χ0) is 20.5. The zero-order valence-corrected chi connectivity index (χ0v) is 20.3. The summed E-state index contributed by atoms with van der Waals surface area (Å²) in [4.78, 5) is 16.1. The van der Waals surface area contributed by atoms with Crippen molar-refractivity contribution in [3.05, 3.63) is 65.2 Å². The first kappa shape index (κ1) is 24.9. The van der Waals surface area contributed by atoms with Gasteiger partial charge in [-0.05, 0) is 36.1 Å². The molecule has 0 bridgehead atoms. The number of nitrogens with one attached hydrogen (secondary N) is 3. The zero-order valence-electron chi connectivity index (χ0n) is 18.0. The lowest BCUT2D eigenvalue weighted by atomic mass is 9.99. The third-order valence-electron chi connectivity index (χ3n) is 4.62. The molecule has 1 atom stereocenters. The normalized spacial score (nSPS) is 12.1. The molecule has 0 aliphatic carbocycles. The number of carbonyl (C=O) groups excluding carboxylic acids is 1. The van der Waals surface area contributed by atoms with Crippen molar-refractivity contribution in [3.8, 4) is 0 Å². The Labute approximate surface area is 191 Å². The number of hydrogen-bond acceptors (Lipinski definition) is 2. The maximum atomic E-state index is 11.8. The number of benzene rings is 2. The highest BCUT2D eigenvalue weighted by atomic mass is 127. The summed E-state index contributed by atoms with van der Waals surface area (Å²) in [6.45, 7) is 9.56. The number of amides is 1. The molecule has 2 aromatic rings. The van der Waals surface area contributed by atoms with Crippen molar-refractivity contribution in [1.29, 1.82) is 0 Å². The van der Waals surface area contributed by atoms with Gasteiger partial charge in [0.05, 0.1) is 0 Å². The number of halogens is 1. The molecule has 0 saturated heterocycles. The Bertz CT molecular complexity index is 803. The Morgan fingerprint density at radius 1 is 1.03 bits per heavy atom. The van der Waals surface area contributed by atoms with Crippen molar-refractivity contribution >= 4 is 41.5 Å². The van der Waals surface area contributed by atoms with Gasteiger partial charge >= 0.3 is 0 Å². The van der Waals surface area contributed by atoms with Gasteiger partial charge in [-0.15, -0.1) is 24.0 Å². The number of aliphatic imine (C=N–C) groups is 1. The van der Waals surface area contributed by atoms with Crippen LogP contribution in [0.15, 0.2) is 53.5 Å². The predicted octanol–water partition coefficient (Wildman–Crippen LogP) is 4.68. The third kappa shape index (κ3) is 8.43. The minimum Gasteiger partial charge on any atom is -0.356 e. The molecular formula is C23H33IN4O. The standard InChI is InChI=1S/C23H32N4O.HI/c1-16(2)22(28)27-21-11-9-19(10-12-21)15-26-23(24-5)25-14-18(4)20-8-6-7-17(3)13-20;/h6-13,16,18H,14-15H2,1-5H3,(H,27,28)(H2,24,25,26);1H. The Kier molecular flexibility index (Phi) is 10.7. The maximum Gasteiger partial charge on any atom is 0.226 e. The molecule has 0 saturated carbocycles. The van der Waals surface area contributed by atoms with Crippen LogP contribution in [-0.4, -0.2) is 25.5 Å². The van der Waals surface area contributed by atoms with Gasteiger partial charge in [0.25, 0.3) is 0 Å². The minimum atomic E-state index is -0.0297. The topological polar surface area (TPSA) is 65.5 Å². The van der Waals surface area contributed by atoms with Crippen LogP contribution in [0.25, 0.3) is 0 Å². The number of anilines is 1. The summed E-state index contributed by atoms with van der Waals surface area (Å²) in [5.41, 5.74) is 4.54. The summed E-state index contributed by atoms with van der Waals surface area (Å²) < 4.78 is 0. The number of rotatable bonds is 7. The Morgan fingerprint density at radius 3 is 2.31 bits per heavy atom. The molecule has 1 amide bonds. The van der Waals surface area contributed by atoms with Crippen LogP contribution in [0.3, 0.4) is 0 Å². The van der Waals surface area contributed by atoms with Crippen molar-refractivity contribution in [2.75, 3.05) is 18.9 Å². The van der Waals surface area contributed by atoms with Crippen LogP contribution >= 0.6 is 24.0 Å². The Hall–Kier alpha value is -2.09. The summed E-state index contributed by atoms with van der Waals surface area (Å²) in [6, 6.07) is 16.5. The van der Waals surface area contributed by atoms with Gasteiger partial charge in [-0.2, -0.15) is 0 Å². The molecule has 158 valence electrons. The fraction of sp³-hybridized carbons (Fsp3) is 0.391. The van der Waals surface area contributed by atoms with Crippen LogP contribution in [0.2, 0.25) is 0 Å². The van der Waals surface area contributed by atoms with Gasteiger partial charge in [0.1, 0.15) is 0 Å². The molecule has 0 heterocycles. The van der Waals surface area contributed by atoms with Gasteiger partial charge in [-0.25, -0.2) is 0 Å². The average molecular weight is 508 g/mol. The second kappa shape index (κ2) is 12.5. The van der Waals surface area contributed by atoms with Crippen LogP contribution in [0.4, 0.5) is 5.69 Å². The smallest absolute Gasteiger partial charge is 0.226 e. The van der Waals surface area contributed by atoms with Crippen molar-refractivity contribution in [2.45, 2.75) is 40.2 Å². The quantitative estimate of drug-likeness (QED) is 0.289. The molecule has 0 fully saturated rings. The van der Waals surface area contributed by atoms with Crippen molar-refractivity contribution in [1.82, 2.24) is 10.6 Å². The fourth-order valence-corrected chi connectivity index (χ4v) is 2.74. The summed E-state index contributed by atoms with van der Waals surface area (Å²) >= 11 is 0. The molecule has 6 heteroatoms.